The van der Waals surface area contributed by atoms with E-state index in [-0.39, 0.29) is 24.9 Å². The van der Waals surface area contributed by atoms with Crippen LogP contribution in [-0.4, -0.2) is 46.9 Å². The van der Waals surface area contributed by atoms with Gasteiger partial charge >= 0.3 is 5.97 Å². The number of hydrogen-bond acceptors (Lipinski definition) is 5. The van der Waals surface area contributed by atoms with Crippen molar-refractivity contribution >= 4 is 11.9 Å². The summed E-state index contributed by atoms with van der Waals surface area (Å²) in [5, 5.41) is 23.6. The summed E-state index contributed by atoms with van der Waals surface area (Å²) in [6.07, 6.45) is 51.0. The van der Waals surface area contributed by atoms with Gasteiger partial charge in [0, 0.05) is 6.42 Å². The molecule has 0 saturated carbocycles. The Hall–Kier alpha value is -1.66. The molecule has 3 atom stereocenters. The molecule has 0 rings (SSSR count). The van der Waals surface area contributed by atoms with Crippen molar-refractivity contribution in [2.75, 3.05) is 6.61 Å². The monoisotopic (exact) mass is 804 g/mol. The van der Waals surface area contributed by atoms with Gasteiger partial charge in [-0.3, -0.25) is 9.59 Å². The van der Waals surface area contributed by atoms with Gasteiger partial charge < -0.3 is 20.3 Å². The van der Waals surface area contributed by atoms with Crippen molar-refractivity contribution in [2.45, 2.75) is 283 Å². The van der Waals surface area contributed by atoms with Gasteiger partial charge in [-0.25, -0.2) is 0 Å². The van der Waals surface area contributed by atoms with E-state index in [9.17, 15) is 19.8 Å². The summed E-state index contributed by atoms with van der Waals surface area (Å²) < 4.78 is 5.91. The lowest BCUT2D eigenvalue weighted by atomic mass is 10.0. The Labute approximate surface area is 354 Å². The molecule has 0 radical (unpaired) electrons. The van der Waals surface area contributed by atoms with E-state index in [1.54, 1.807) is 0 Å². The molecule has 0 aliphatic rings. The minimum absolute atomic E-state index is 0.0804. The molecule has 0 aliphatic carbocycles. The molecular formula is C51H97NO5. The van der Waals surface area contributed by atoms with Crippen LogP contribution in [0.3, 0.4) is 0 Å². The topological polar surface area (TPSA) is 95.9 Å². The Morgan fingerprint density at radius 1 is 0.509 bits per heavy atom. The highest BCUT2D eigenvalue weighted by Crippen LogP contribution is 2.18. The van der Waals surface area contributed by atoms with Crippen molar-refractivity contribution in [1.82, 2.24) is 5.32 Å². The summed E-state index contributed by atoms with van der Waals surface area (Å²) in [6.45, 7) is 6.44. The maximum Gasteiger partial charge on any atom is 0.306 e. The number of rotatable bonds is 45. The van der Waals surface area contributed by atoms with Crippen molar-refractivity contribution < 1.29 is 24.5 Å². The number of carbonyl (C=O) groups excluding carboxylic acids is 2. The number of aliphatic hydroxyl groups is 2. The fraction of sp³-hybridized carbons (Fsp3) is 0.882. The molecular weight excluding hydrogens is 707 g/mol. The Morgan fingerprint density at radius 3 is 1.37 bits per heavy atom. The number of allylic oxidation sites excluding steroid dienone is 4. The first-order valence-corrected chi connectivity index (χ1v) is 25.1. The van der Waals surface area contributed by atoms with Crippen molar-refractivity contribution in [3.05, 3.63) is 24.3 Å². The van der Waals surface area contributed by atoms with Gasteiger partial charge in [0.25, 0.3) is 0 Å². The minimum atomic E-state index is -0.781. The summed E-state index contributed by atoms with van der Waals surface area (Å²) in [4.78, 5) is 26.0. The lowest BCUT2D eigenvalue weighted by Crippen LogP contribution is -2.46. The normalized spacial score (nSPS) is 13.4. The molecule has 0 aliphatic heterocycles. The van der Waals surface area contributed by atoms with Crippen molar-refractivity contribution in [3.63, 3.8) is 0 Å². The number of hydrogen-bond donors (Lipinski definition) is 3. The fourth-order valence-electron chi connectivity index (χ4n) is 7.70. The quantitative estimate of drug-likeness (QED) is 0.0324. The maximum atomic E-state index is 13.1. The van der Waals surface area contributed by atoms with Gasteiger partial charge in [0.1, 0.15) is 6.10 Å². The van der Waals surface area contributed by atoms with Crippen LogP contribution in [0, 0.1) is 0 Å². The number of aliphatic hydroxyl groups excluding tert-OH is 2. The third-order valence-electron chi connectivity index (χ3n) is 11.5. The standard InChI is InChI=1S/C51H97NO5/c1-4-7-10-13-16-19-21-22-23-24-25-26-27-28-29-32-35-38-41-44-51(56)57-47(42-39-36-33-30-18-15-12-9-6-3)45-50(55)52-48(46-53)49(54)43-40-37-34-31-20-17-14-11-8-5-2/h16,19,22-23,47-49,53-54H,4-15,17-18,20-21,24-46H2,1-3H3,(H,52,55)/b19-16-,23-22-. The lowest BCUT2D eigenvalue weighted by molar-refractivity contribution is -0.151. The molecule has 0 aromatic heterocycles. The molecule has 0 bridgehead atoms. The molecule has 6 nitrogen and oxygen atoms in total. The molecule has 0 fully saturated rings. The number of ether oxygens (including phenoxy) is 1. The Bertz CT molecular complexity index is 904. The third-order valence-corrected chi connectivity index (χ3v) is 11.5. The zero-order valence-electron chi connectivity index (χ0n) is 38.2. The number of esters is 1. The van der Waals surface area contributed by atoms with Crippen molar-refractivity contribution in [2.24, 2.45) is 0 Å². The first-order chi connectivity index (χ1) is 28.0. The zero-order chi connectivity index (χ0) is 41.7. The van der Waals surface area contributed by atoms with Crippen LogP contribution in [0.4, 0.5) is 0 Å². The Balaban J connectivity index is 4.41. The van der Waals surface area contributed by atoms with Crippen LogP contribution in [0.5, 0.6) is 0 Å². The van der Waals surface area contributed by atoms with E-state index >= 15 is 0 Å². The second kappa shape index (κ2) is 45.4. The predicted molar refractivity (Wildman–Crippen MR) is 246 cm³/mol. The van der Waals surface area contributed by atoms with Crippen LogP contribution in [0.2, 0.25) is 0 Å². The van der Waals surface area contributed by atoms with Gasteiger partial charge in [0.15, 0.2) is 0 Å². The average molecular weight is 804 g/mol. The molecule has 3 unspecified atom stereocenters. The highest BCUT2D eigenvalue weighted by Gasteiger charge is 2.24. The third kappa shape index (κ3) is 40.9. The number of nitrogens with one attached hydrogen (secondary N) is 1. The van der Waals surface area contributed by atoms with E-state index in [1.165, 1.54) is 167 Å². The molecule has 0 saturated heterocycles. The average Bonchev–Trinajstić information content (AvgIpc) is 3.20. The molecule has 0 aromatic carbocycles. The molecule has 1 amide bonds. The second-order valence-electron chi connectivity index (χ2n) is 17.2. The van der Waals surface area contributed by atoms with Crippen LogP contribution in [0.25, 0.3) is 0 Å². The van der Waals surface area contributed by atoms with Crippen molar-refractivity contribution in [1.29, 1.82) is 0 Å². The van der Waals surface area contributed by atoms with E-state index in [0.717, 1.165) is 51.4 Å². The van der Waals surface area contributed by atoms with Gasteiger partial charge in [-0.2, -0.15) is 0 Å². The summed E-state index contributed by atoms with van der Waals surface area (Å²) in [5.41, 5.74) is 0. The highest BCUT2D eigenvalue weighted by atomic mass is 16.5. The van der Waals surface area contributed by atoms with Crippen molar-refractivity contribution in [3.8, 4) is 0 Å². The van der Waals surface area contributed by atoms with Gasteiger partial charge in [-0.05, 0) is 57.8 Å². The predicted octanol–water partition coefficient (Wildman–Crippen LogP) is 14.7. The first kappa shape index (κ1) is 55.3. The zero-order valence-corrected chi connectivity index (χ0v) is 38.2. The first-order valence-electron chi connectivity index (χ1n) is 25.1. The largest absolute Gasteiger partial charge is 0.462 e. The highest BCUT2D eigenvalue weighted by molar-refractivity contribution is 5.77. The van der Waals surface area contributed by atoms with E-state index in [1.807, 2.05) is 0 Å². The second-order valence-corrected chi connectivity index (χ2v) is 17.2. The minimum Gasteiger partial charge on any atom is -0.462 e. The summed E-state index contributed by atoms with van der Waals surface area (Å²) in [5.74, 6) is -0.470. The van der Waals surface area contributed by atoms with Gasteiger partial charge in [0.05, 0.1) is 25.2 Å². The summed E-state index contributed by atoms with van der Waals surface area (Å²) in [7, 11) is 0. The van der Waals surface area contributed by atoms with Gasteiger partial charge in [0.2, 0.25) is 5.91 Å². The fourth-order valence-corrected chi connectivity index (χ4v) is 7.70. The summed E-state index contributed by atoms with van der Waals surface area (Å²) in [6, 6.07) is -0.695. The van der Waals surface area contributed by atoms with E-state index in [2.05, 4.69) is 50.4 Å². The van der Waals surface area contributed by atoms with Crippen LogP contribution in [-0.2, 0) is 14.3 Å². The van der Waals surface area contributed by atoms with Crippen LogP contribution < -0.4 is 5.32 Å². The number of carbonyl (C=O) groups is 2. The van der Waals surface area contributed by atoms with E-state index in [4.69, 9.17) is 4.74 Å². The van der Waals surface area contributed by atoms with E-state index < -0.39 is 18.2 Å². The molecule has 6 heteroatoms. The molecule has 0 heterocycles. The van der Waals surface area contributed by atoms with Gasteiger partial charge in [-0.1, -0.05) is 218 Å². The van der Waals surface area contributed by atoms with Crippen LogP contribution in [0.15, 0.2) is 24.3 Å². The number of amides is 1. The molecule has 336 valence electrons. The van der Waals surface area contributed by atoms with E-state index in [0.29, 0.717) is 19.3 Å². The Kier molecular flexibility index (Phi) is 44.1. The number of unbranched alkanes of at least 4 members (excludes halogenated alkanes) is 29. The van der Waals surface area contributed by atoms with Crippen LogP contribution in [0.1, 0.15) is 265 Å². The van der Waals surface area contributed by atoms with Gasteiger partial charge in [-0.15, -0.1) is 0 Å². The molecule has 0 aromatic rings. The Morgan fingerprint density at radius 2 is 0.895 bits per heavy atom. The molecule has 57 heavy (non-hydrogen) atoms. The SMILES string of the molecule is CCCCC/C=C\C/C=C\CCCCCCCCCCCC(=O)OC(CCCCCCCCCCC)CC(=O)NC(CO)C(O)CCCCCCCCCCCC. The summed E-state index contributed by atoms with van der Waals surface area (Å²) >= 11 is 0. The maximum absolute atomic E-state index is 13.1. The molecule has 0 spiro atoms. The van der Waals surface area contributed by atoms with Crippen LogP contribution >= 0.6 is 0 Å². The lowest BCUT2D eigenvalue weighted by Gasteiger charge is -2.24. The smallest absolute Gasteiger partial charge is 0.306 e. The molecule has 3 N–H and O–H groups in total.